The highest BCUT2D eigenvalue weighted by atomic mass is 16.5. The number of ether oxygens (including phenoxy) is 1. The minimum Gasteiger partial charge on any atom is -0.424 e. The largest absolute Gasteiger partial charge is 0.424 e. The Labute approximate surface area is 151 Å². The van der Waals surface area contributed by atoms with Crippen LogP contribution in [0.5, 0.6) is 11.8 Å². The van der Waals surface area contributed by atoms with Gasteiger partial charge in [0.25, 0.3) is 0 Å². The highest BCUT2D eigenvalue weighted by Crippen LogP contribution is 2.47. The van der Waals surface area contributed by atoms with E-state index in [0.29, 0.717) is 17.7 Å². The number of hydrogen-bond acceptors (Lipinski definition) is 5. The Morgan fingerprint density at radius 3 is 2.58 bits per heavy atom. The monoisotopic (exact) mass is 346 g/mol. The van der Waals surface area contributed by atoms with Crippen molar-refractivity contribution in [2.75, 3.05) is 5.32 Å². The summed E-state index contributed by atoms with van der Waals surface area (Å²) in [5.74, 6) is 0.977. The molecule has 3 aromatic rings. The molecule has 2 atom stereocenters. The van der Waals surface area contributed by atoms with Crippen molar-refractivity contribution in [1.82, 2.24) is 15.0 Å². The third-order valence-corrected chi connectivity index (χ3v) is 4.37. The Bertz CT molecular complexity index is 913. The third-order valence-electron chi connectivity index (χ3n) is 4.37. The topological polar surface area (TPSA) is 77.0 Å². The van der Waals surface area contributed by atoms with Crippen molar-refractivity contribution in [3.63, 3.8) is 0 Å². The molecule has 1 N–H and O–H groups in total. The molecule has 1 fully saturated rings. The number of hydrogen-bond donors (Lipinski definition) is 1. The quantitative estimate of drug-likeness (QED) is 0.762. The van der Waals surface area contributed by atoms with Gasteiger partial charge in [-0.3, -0.25) is 9.78 Å². The van der Waals surface area contributed by atoms with Crippen LogP contribution >= 0.6 is 0 Å². The van der Waals surface area contributed by atoms with Crippen molar-refractivity contribution >= 4 is 11.6 Å². The van der Waals surface area contributed by atoms with Crippen LogP contribution in [0.25, 0.3) is 0 Å². The van der Waals surface area contributed by atoms with Crippen LogP contribution in [-0.4, -0.2) is 20.9 Å². The van der Waals surface area contributed by atoms with Gasteiger partial charge in [0.2, 0.25) is 5.91 Å². The van der Waals surface area contributed by atoms with Gasteiger partial charge in [0.1, 0.15) is 5.75 Å². The molecule has 0 saturated heterocycles. The summed E-state index contributed by atoms with van der Waals surface area (Å²) in [6.07, 6.45) is 6.06. The average molecular weight is 346 g/mol. The first kappa shape index (κ1) is 16.2. The van der Waals surface area contributed by atoms with Crippen molar-refractivity contribution in [2.24, 2.45) is 5.92 Å². The number of benzene rings is 1. The summed E-state index contributed by atoms with van der Waals surface area (Å²) in [7, 11) is 0. The number of anilines is 1. The second-order valence-electron chi connectivity index (χ2n) is 6.33. The van der Waals surface area contributed by atoms with Crippen LogP contribution in [-0.2, 0) is 4.79 Å². The zero-order chi connectivity index (χ0) is 17.9. The molecule has 1 aromatic carbocycles. The molecule has 1 aliphatic carbocycles. The van der Waals surface area contributed by atoms with Crippen LogP contribution in [0.3, 0.4) is 0 Å². The Hall–Kier alpha value is -3.28. The van der Waals surface area contributed by atoms with Crippen LogP contribution in [0.4, 0.5) is 5.69 Å². The van der Waals surface area contributed by atoms with Crippen LogP contribution in [0.2, 0.25) is 0 Å². The van der Waals surface area contributed by atoms with Crippen LogP contribution in [0.1, 0.15) is 23.6 Å². The Balaban J connectivity index is 1.35. The second-order valence-corrected chi connectivity index (χ2v) is 6.33. The summed E-state index contributed by atoms with van der Waals surface area (Å²) >= 11 is 0. The summed E-state index contributed by atoms with van der Waals surface area (Å²) in [4.78, 5) is 24.7. The van der Waals surface area contributed by atoms with Crippen molar-refractivity contribution in [3.8, 4) is 11.8 Å². The van der Waals surface area contributed by atoms with Gasteiger partial charge in [-0.1, -0.05) is 0 Å². The molecular weight excluding hydrogens is 328 g/mol. The van der Waals surface area contributed by atoms with Gasteiger partial charge in [-0.25, -0.2) is 9.97 Å². The van der Waals surface area contributed by atoms with E-state index in [-0.39, 0.29) is 11.8 Å². The molecule has 2 aromatic heterocycles. The van der Waals surface area contributed by atoms with E-state index in [1.54, 1.807) is 30.7 Å². The van der Waals surface area contributed by atoms with E-state index >= 15 is 0 Å². The van der Waals surface area contributed by atoms with Gasteiger partial charge in [0, 0.05) is 35.9 Å². The van der Waals surface area contributed by atoms with Gasteiger partial charge in [-0.15, -0.1) is 0 Å². The summed E-state index contributed by atoms with van der Waals surface area (Å²) in [6.45, 7) is 1.88. The van der Waals surface area contributed by atoms with Crippen molar-refractivity contribution < 1.29 is 9.53 Å². The molecule has 26 heavy (non-hydrogen) atoms. The molecule has 1 saturated carbocycles. The van der Waals surface area contributed by atoms with Gasteiger partial charge in [0.15, 0.2) is 0 Å². The summed E-state index contributed by atoms with van der Waals surface area (Å²) in [5, 5.41) is 2.96. The van der Waals surface area contributed by atoms with Gasteiger partial charge < -0.3 is 10.1 Å². The van der Waals surface area contributed by atoms with Crippen LogP contribution in [0.15, 0.2) is 61.1 Å². The molecule has 2 heterocycles. The van der Waals surface area contributed by atoms with E-state index in [2.05, 4.69) is 20.3 Å². The van der Waals surface area contributed by atoms with Crippen molar-refractivity contribution in [1.29, 1.82) is 0 Å². The van der Waals surface area contributed by atoms with E-state index in [0.717, 1.165) is 17.8 Å². The Kier molecular flexibility index (Phi) is 4.31. The zero-order valence-electron chi connectivity index (χ0n) is 14.3. The van der Waals surface area contributed by atoms with Gasteiger partial charge >= 0.3 is 6.01 Å². The molecule has 0 unspecified atom stereocenters. The Morgan fingerprint density at radius 2 is 1.85 bits per heavy atom. The third kappa shape index (κ3) is 3.69. The van der Waals surface area contributed by atoms with Crippen LogP contribution < -0.4 is 10.1 Å². The number of nitrogens with zero attached hydrogens (tertiary/aromatic N) is 3. The maximum Gasteiger partial charge on any atom is 0.322 e. The molecule has 1 amide bonds. The van der Waals surface area contributed by atoms with Gasteiger partial charge in [-0.05, 0) is 67.3 Å². The zero-order valence-corrected chi connectivity index (χ0v) is 14.3. The van der Waals surface area contributed by atoms with Crippen molar-refractivity contribution in [3.05, 3.63) is 72.3 Å². The lowest BCUT2D eigenvalue weighted by molar-refractivity contribution is -0.117. The minimum absolute atomic E-state index is 0.0222. The molecule has 6 nitrogen and oxygen atoms in total. The molecule has 4 rings (SSSR count). The number of aromatic nitrogens is 3. The maximum absolute atomic E-state index is 12.4. The number of rotatable bonds is 5. The van der Waals surface area contributed by atoms with Gasteiger partial charge in [0.05, 0.1) is 0 Å². The van der Waals surface area contributed by atoms with E-state index in [1.807, 2.05) is 37.3 Å². The molecule has 0 aliphatic heterocycles. The first-order valence-corrected chi connectivity index (χ1v) is 8.47. The van der Waals surface area contributed by atoms with Crippen molar-refractivity contribution in [2.45, 2.75) is 19.3 Å². The number of carbonyl (C=O) groups excluding carboxylic acids is 1. The fraction of sp³-hybridized carbons (Fsp3) is 0.200. The summed E-state index contributed by atoms with van der Waals surface area (Å²) in [6, 6.07) is 13.3. The molecule has 0 spiro atoms. The molecule has 0 bridgehead atoms. The van der Waals surface area contributed by atoms with E-state index in [4.69, 9.17) is 4.74 Å². The summed E-state index contributed by atoms with van der Waals surface area (Å²) in [5.41, 5.74) is 2.75. The smallest absolute Gasteiger partial charge is 0.322 e. The SMILES string of the molecule is Cc1ccnc(Oc2ccc(NC(=O)[C@@H]3C[C@H]3c3ccncc3)cc2)n1. The van der Waals surface area contributed by atoms with Crippen LogP contribution in [0, 0.1) is 12.8 Å². The summed E-state index contributed by atoms with van der Waals surface area (Å²) < 4.78 is 5.61. The fourth-order valence-electron chi connectivity index (χ4n) is 2.89. The minimum atomic E-state index is 0.0222. The Morgan fingerprint density at radius 1 is 1.08 bits per heavy atom. The number of nitrogens with one attached hydrogen (secondary N) is 1. The average Bonchev–Trinajstić information content (AvgIpc) is 3.45. The van der Waals surface area contributed by atoms with E-state index < -0.39 is 0 Å². The molecule has 1 aliphatic rings. The highest BCUT2D eigenvalue weighted by molar-refractivity contribution is 5.95. The molecular formula is C20H18N4O2. The lowest BCUT2D eigenvalue weighted by atomic mass is 10.1. The predicted molar refractivity (Wildman–Crippen MR) is 97.0 cm³/mol. The highest BCUT2D eigenvalue weighted by Gasteiger charge is 2.43. The fourth-order valence-corrected chi connectivity index (χ4v) is 2.89. The number of carbonyl (C=O) groups is 1. The number of aryl methyl sites for hydroxylation is 1. The lowest BCUT2D eigenvalue weighted by Crippen LogP contribution is -2.14. The number of pyridine rings is 1. The lowest BCUT2D eigenvalue weighted by Gasteiger charge is -2.07. The van der Waals surface area contributed by atoms with E-state index in [9.17, 15) is 4.79 Å². The molecule has 6 heteroatoms. The predicted octanol–water partition coefficient (Wildman–Crippen LogP) is 3.71. The standard InChI is InChI=1S/C20H18N4O2/c1-13-6-11-22-20(23-13)26-16-4-2-15(3-5-16)24-19(25)18-12-17(18)14-7-9-21-10-8-14/h2-11,17-18H,12H2,1H3,(H,24,25)/t17-,18+/m0/s1. The molecule has 0 radical (unpaired) electrons. The van der Waals surface area contributed by atoms with Gasteiger partial charge in [-0.2, -0.15) is 0 Å². The maximum atomic E-state index is 12.4. The molecule has 130 valence electrons. The number of amides is 1. The van der Waals surface area contributed by atoms with E-state index in [1.165, 1.54) is 5.56 Å². The first-order chi connectivity index (χ1) is 12.7. The first-order valence-electron chi connectivity index (χ1n) is 8.47. The normalized spacial score (nSPS) is 18.2. The second kappa shape index (κ2) is 6.92.